The topological polar surface area (TPSA) is 108 Å². The number of esters is 1. The Balaban J connectivity index is 1.49. The predicted octanol–water partition coefficient (Wildman–Crippen LogP) is 7.02. The first kappa shape index (κ1) is 33.2. The first-order valence-corrected chi connectivity index (χ1v) is 17.3. The Labute approximate surface area is 281 Å². The molecular weight excluding hydrogens is 682 g/mol. The van der Waals surface area contributed by atoms with Gasteiger partial charge in [-0.15, -0.1) is 5.10 Å². The van der Waals surface area contributed by atoms with E-state index in [0.29, 0.717) is 67.7 Å². The molecule has 1 N–H and O–H groups in total. The van der Waals surface area contributed by atoms with Crippen LogP contribution in [0.2, 0.25) is 5.02 Å². The van der Waals surface area contributed by atoms with Gasteiger partial charge in [-0.25, -0.2) is 9.48 Å². The third-order valence-corrected chi connectivity index (χ3v) is 9.35. The number of nitrogens with one attached hydrogen (secondary N) is 1. The monoisotopic (exact) mass is 717 g/mol. The van der Waals surface area contributed by atoms with Gasteiger partial charge in [-0.2, -0.15) is 4.98 Å². The third kappa shape index (κ3) is 7.78. The van der Waals surface area contributed by atoms with Crippen molar-refractivity contribution in [2.75, 3.05) is 38.2 Å². The lowest BCUT2D eigenvalue weighted by atomic mass is 9.95. The van der Waals surface area contributed by atoms with E-state index in [2.05, 4.69) is 21.2 Å². The molecule has 240 valence electrons. The molecule has 5 rings (SSSR count). The van der Waals surface area contributed by atoms with Crippen molar-refractivity contribution >= 4 is 57.1 Å². The maximum absolute atomic E-state index is 13.5. The molecular formula is C32H37BrClN5O5S. The molecule has 0 saturated carbocycles. The van der Waals surface area contributed by atoms with Gasteiger partial charge in [0.15, 0.2) is 18.1 Å². The molecule has 3 aromatic rings. The molecule has 1 saturated heterocycles. The number of thioether (sulfide) groups is 1. The number of nitrogens with zero attached hydrogens (tertiary/aromatic N) is 4. The second-order valence-corrected chi connectivity index (χ2v) is 12.9. The minimum atomic E-state index is -0.674. The van der Waals surface area contributed by atoms with Crippen molar-refractivity contribution < 1.29 is 23.8 Å². The lowest BCUT2D eigenvalue weighted by Crippen LogP contribution is -2.38. The number of ether oxygens (including phenoxy) is 3. The zero-order chi connectivity index (χ0) is 31.9. The molecule has 2 aliphatic rings. The number of anilines is 1. The molecule has 0 aliphatic carbocycles. The summed E-state index contributed by atoms with van der Waals surface area (Å²) in [7, 11) is 0. The standard InChI is InChI=1S/C32H37BrClN5O5S/c1-4-15-43-30(41)27-20(3)35-31-36-32(45-19-21-11-7-8-12-24(21)34)37-39(31)28(27)22-16-23(33)29(25(17-22)42-5-2)44-18-26(40)38-13-9-6-10-14-38/h7-8,11-12,16-17,28H,4-6,9-10,13-15,18-19H2,1-3H3,(H,35,36,37). The summed E-state index contributed by atoms with van der Waals surface area (Å²) in [6, 6.07) is 10.7. The van der Waals surface area contributed by atoms with Crippen LogP contribution < -0.4 is 14.8 Å². The van der Waals surface area contributed by atoms with Gasteiger partial charge in [-0.05, 0) is 84.8 Å². The van der Waals surface area contributed by atoms with E-state index >= 15 is 0 Å². The molecule has 10 nitrogen and oxygen atoms in total. The van der Waals surface area contributed by atoms with E-state index in [0.717, 1.165) is 37.9 Å². The summed E-state index contributed by atoms with van der Waals surface area (Å²) in [6.07, 6.45) is 3.84. The summed E-state index contributed by atoms with van der Waals surface area (Å²) in [5.74, 6) is 1.44. The predicted molar refractivity (Wildman–Crippen MR) is 178 cm³/mol. The normalized spacial score (nSPS) is 16.2. The van der Waals surface area contributed by atoms with Gasteiger partial charge in [0.2, 0.25) is 11.1 Å². The number of halogens is 2. The summed E-state index contributed by atoms with van der Waals surface area (Å²) >= 11 is 11.5. The summed E-state index contributed by atoms with van der Waals surface area (Å²) < 4.78 is 20.0. The zero-order valence-corrected chi connectivity index (χ0v) is 28.8. The number of hydrogen-bond donors (Lipinski definition) is 1. The number of carbonyl (C=O) groups is 2. The first-order valence-electron chi connectivity index (χ1n) is 15.1. The van der Waals surface area contributed by atoms with Gasteiger partial charge in [0.25, 0.3) is 5.91 Å². The van der Waals surface area contributed by atoms with Crippen molar-refractivity contribution in [3.63, 3.8) is 0 Å². The summed E-state index contributed by atoms with van der Waals surface area (Å²) in [5, 5.41) is 9.27. The van der Waals surface area contributed by atoms with Crippen LogP contribution in [0, 0.1) is 0 Å². The number of benzene rings is 2. The van der Waals surface area contributed by atoms with Crippen molar-refractivity contribution in [2.45, 2.75) is 63.4 Å². The highest BCUT2D eigenvalue weighted by Gasteiger charge is 2.36. The van der Waals surface area contributed by atoms with E-state index in [1.807, 2.05) is 62.1 Å². The molecule has 45 heavy (non-hydrogen) atoms. The van der Waals surface area contributed by atoms with Crippen molar-refractivity contribution in [3.8, 4) is 11.5 Å². The van der Waals surface area contributed by atoms with Crippen LogP contribution in [0.3, 0.4) is 0 Å². The fraction of sp³-hybridized carbons (Fsp3) is 0.438. The van der Waals surface area contributed by atoms with Gasteiger partial charge in [0.1, 0.15) is 6.04 Å². The van der Waals surface area contributed by atoms with E-state index in [4.69, 9.17) is 35.9 Å². The molecule has 0 radical (unpaired) electrons. The smallest absolute Gasteiger partial charge is 0.338 e. The van der Waals surface area contributed by atoms with Gasteiger partial charge >= 0.3 is 5.97 Å². The van der Waals surface area contributed by atoms with E-state index in [9.17, 15) is 9.59 Å². The lowest BCUT2D eigenvalue weighted by molar-refractivity contribution is -0.139. The molecule has 0 spiro atoms. The number of carbonyl (C=O) groups excluding carboxylic acids is 2. The van der Waals surface area contributed by atoms with Gasteiger partial charge in [-0.1, -0.05) is 48.5 Å². The van der Waals surface area contributed by atoms with Crippen LogP contribution in [0.15, 0.2) is 57.3 Å². The van der Waals surface area contributed by atoms with Gasteiger partial charge < -0.3 is 24.4 Å². The van der Waals surface area contributed by atoms with Crippen molar-refractivity contribution in [1.82, 2.24) is 19.7 Å². The van der Waals surface area contributed by atoms with E-state index in [-0.39, 0.29) is 19.1 Å². The van der Waals surface area contributed by atoms with E-state index < -0.39 is 12.0 Å². The highest BCUT2D eigenvalue weighted by atomic mass is 79.9. The minimum absolute atomic E-state index is 0.0555. The van der Waals surface area contributed by atoms with Gasteiger partial charge in [-0.3, -0.25) is 4.79 Å². The number of fused-ring (bicyclic) bond motifs is 1. The Hall–Kier alpha value is -3.22. The second kappa shape index (κ2) is 15.4. The number of aromatic nitrogens is 3. The fourth-order valence-electron chi connectivity index (χ4n) is 5.31. The van der Waals surface area contributed by atoms with Gasteiger partial charge in [0.05, 0.1) is 23.3 Å². The lowest BCUT2D eigenvalue weighted by Gasteiger charge is -2.29. The van der Waals surface area contributed by atoms with Crippen molar-refractivity contribution in [3.05, 3.63) is 68.3 Å². The molecule has 1 amide bonds. The summed E-state index contributed by atoms with van der Waals surface area (Å²) in [6.45, 7) is 7.71. The summed E-state index contributed by atoms with van der Waals surface area (Å²) in [4.78, 5) is 32.9. The van der Waals surface area contributed by atoms with Crippen molar-refractivity contribution in [1.29, 1.82) is 0 Å². The Morgan fingerprint density at radius 2 is 1.91 bits per heavy atom. The highest BCUT2D eigenvalue weighted by Crippen LogP contribution is 2.43. The third-order valence-electron chi connectivity index (χ3n) is 7.50. The molecule has 2 aromatic carbocycles. The largest absolute Gasteiger partial charge is 0.490 e. The number of rotatable bonds is 12. The highest BCUT2D eigenvalue weighted by molar-refractivity contribution is 9.10. The molecule has 1 atom stereocenters. The Bertz CT molecular complexity index is 1580. The van der Waals surface area contributed by atoms with E-state index in [1.165, 1.54) is 11.8 Å². The molecule has 13 heteroatoms. The first-order chi connectivity index (χ1) is 21.8. The van der Waals surface area contributed by atoms with Crippen LogP contribution in [0.4, 0.5) is 5.95 Å². The average molecular weight is 719 g/mol. The van der Waals surface area contributed by atoms with Crippen LogP contribution in [0.25, 0.3) is 0 Å². The van der Waals surface area contributed by atoms with Crippen molar-refractivity contribution in [2.24, 2.45) is 0 Å². The van der Waals surface area contributed by atoms with E-state index in [1.54, 1.807) is 4.68 Å². The quantitative estimate of drug-likeness (QED) is 0.156. The number of piperidine rings is 1. The molecule has 0 bridgehead atoms. The van der Waals surface area contributed by atoms with Crippen LogP contribution in [-0.4, -0.2) is 64.5 Å². The Kier molecular flexibility index (Phi) is 11.3. The number of allylic oxidation sites excluding steroid dienone is 1. The number of likely N-dealkylation sites (tertiary alicyclic amines) is 1. The van der Waals surface area contributed by atoms with Crippen LogP contribution in [0.5, 0.6) is 11.5 Å². The molecule has 1 fully saturated rings. The molecule has 1 aromatic heterocycles. The maximum atomic E-state index is 13.5. The zero-order valence-electron chi connectivity index (χ0n) is 25.6. The number of hydrogen-bond acceptors (Lipinski definition) is 9. The molecule has 1 unspecified atom stereocenters. The number of amides is 1. The van der Waals surface area contributed by atoms with Crippen LogP contribution in [-0.2, 0) is 20.1 Å². The fourth-order valence-corrected chi connectivity index (χ4v) is 7.00. The van der Waals surface area contributed by atoms with Crippen LogP contribution >= 0.6 is 39.3 Å². The van der Waals surface area contributed by atoms with Gasteiger partial charge in [0, 0.05) is 29.6 Å². The molecule has 2 aliphatic heterocycles. The average Bonchev–Trinajstić information content (AvgIpc) is 3.44. The summed E-state index contributed by atoms with van der Waals surface area (Å²) in [5.41, 5.74) is 2.70. The SMILES string of the molecule is CCCOC(=O)C1=C(C)Nc2nc(SCc3ccccc3Cl)nn2C1c1cc(Br)c(OCC(=O)N2CCCCC2)c(OCC)c1. The minimum Gasteiger partial charge on any atom is -0.490 e. The maximum Gasteiger partial charge on any atom is 0.338 e. The second-order valence-electron chi connectivity index (χ2n) is 10.7. The Morgan fingerprint density at radius 1 is 1.13 bits per heavy atom. The Morgan fingerprint density at radius 3 is 2.64 bits per heavy atom. The molecule has 3 heterocycles. The van der Waals surface area contributed by atoms with Crippen LogP contribution in [0.1, 0.15) is 63.6 Å².